The Balaban J connectivity index is 3.17. The molecule has 0 saturated carbocycles. The highest BCUT2D eigenvalue weighted by molar-refractivity contribution is 5.73. The van der Waals surface area contributed by atoms with E-state index in [0.717, 1.165) is 12.8 Å². The first kappa shape index (κ1) is 10.4. The molecule has 0 aromatic heterocycles. The third-order valence-electron chi connectivity index (χ3n) is 1.26. The van der Waals surface area contributed by atoms with Crippen molar-refractivity contribution in [2.45, 2.75) is 25.8 Å². The SMILES string of the molecule is CCCCOC[C@@H](N)C(=O)O. The van der Waals surface area contributed by atoms with E-state index < -0.39 is 12.0 Å². The molecule has 66 valence electrons. The molecule has 4 heteroatoms. The zero-order chi connectivity index (χ0) is 8.69. The van der Waals surface area contributed by atoms with Crippen LogP contribution in [0.3, 0.4) is 0 Å². The Bertz CT molecular complexity index is 116. The minimum Gasteiger partial charge on any atom is -0.480 e. The van der Waals surface area contributed by atoms with Gasteiger partial charge in [0.1, 0.15) is 6.04 Å². The van der Waals surface area contributed by atoms with Crippen LogP contribution in [-0.4, -0.2) is 30.3 Å². The van der Waals surface area contributed by atoms with E-state index in [4.69, 9.17) is 15.6 Å². The smallest absolute Gasteiger partial charge is 0.322 e. The van der Waals surface area contributed by atoms with Crippen molar-refractivity contribution in [2.75, 3.05) is 13.2 Å². The van der Waals surface area contributed by atoms with E-state index in [1.807, 2.05) is 6.92 Å². The van der Waals surface area contributed by atoms with Crippen molar-refractivity contribution in [2.24, 2.45) is 5.73 Å². The van der Waals surface area contributed by atoms with E-state index in [2.05, 4.69) is 0 Å². The number of carboxylic acid groups (broad SMARTS) is 1. The van der Waals surface area contributed by atoms with Crippen molar-refractivity contribution in [3.8, 4) is 0 Å². The molecular formula is C7H15NO3. The van der Waals surface area contributed by atoms with Crippen molar-refractivity contribution >= 4 is 5.97 Å². The first-order chi connectivity index (χ1) is 5.18. The highest BCUT2D eigenvalue weighted by Crippen LogP contribution is 1.89. The Kier molecular flexibility index (Phi) is 5.78. The molecule has 0 amide bonds. The molecule has 11 heavy (non-hydrogen) atoms. The van der Waals surface area contributed by atoms with Gasteiger partial charge in [0.05, 0.1) is 6.61 Å². The highest BCUT2D eigenvalue weighted by atomic mass is 16.5. The van der Waals surface area contributed by atoms with Crippen molar-refractivity contribution in [1.29, 1.82) is 0 Å². The highest BCUT2D eigenvalue weighted by Gasteiger charge is 2.10. The number of hydrogen-bond acceptors (Lipinski definition) is 3. The Morgan fingerprint density at radius 1 is 1.73 bits per heavy atom. The van der Waals surface area contributed by atoms with Crippen LogP contribution in [0.25, 0.3) is 0 Å². The van der Waals surface area contributed by atoms with Gasteiger partial charge in [-0.25, -0.2) is 0 Å². The molecule has 0 aliphatic rings. The molecule has 0 rings (SSSR count). The van der Waals surface area contributed by atoms with E-state index in [9.17, 15) is 4.79 Å². The molecule has 0 aliphatic carbocycles. The van der Waals surface area contributed by atoms with E-state index >= 15 is 0 Å². The summed E-state index contributed by atoms with van der Waals surface area (Å²) < 4.78 is 4.99. The van der Waals surface area contributed by atoms with Gasteiger partial charge in [-0.1, -0.05) is 13.3 Å². The van der Waals surface area contributed by atoms with Crippen LogP contribution in [0.15, 0.2) is 0 Å². The Labute approximate surface area is 66.3 Å². The van der Waals surface area contributed by atoms with Gasteiger partial charge in [0.25, 0.3) is 0 Å². The summed E-state index contributed by atoms with van der Waals surface area (Å²) >= 11 is 0. The summed E-state index contributed by atoms with van der Waals surface area (Å²) in [5, 5.41) is 8.33. The van der Waals surface area contributed by atoms with Crippen LogP contribution in [-0.2, 0) is 9.53 Å². The second kappa shape index (κ2) is 6.12. The van der Waals surface area contributed by atoms with Crippen LogP contribution in [0.4, 0.5) is 0 Å². The predicted molar refractivity (Wildman–Crippen MR) is 41.3 cm³/mol. The second-order valence-electron chi connectivity index (χ2n) is 2.37. The van der Waals surface area contributed by atoms with Crippen LogP contribution in [0, 0.1) is 0 Å². The van der Waals surface area contributed by atoms with Crippen LogP contribution in [0.5, 0.6) is 0 Å². The van der Waals surface area contributed by atoms with Gasteiger partial charge in [-0.2, -0.15) is 0 Å². The summed E-state index contributed by atoms with van der Waals surface area (Å²) in [7, 11) is 0. The molecule has 4 nitrogen and oxygen atoms in total. The molecule has 0 aromatic rings. The summed E-state index contributed by atoms with van der Waals surface area (Å²) in [5.41, 5.74) is 5.17. The summed E-state index contributed by atoms with van der Waals surface area (Å²) in [6.45, 7) is 2.74. The van der Waals surface area contributed by atoms with Crippen LogP contribution in [0.1, 0.15) is 19.8 Å². The van der Waals surface area contributed by atoms with Gasteiger partial charge in [-0.05, 0) is 6.42 Å². The second-order valence-corrected chi connectivity index (χ2v) is 2.37. The fraction of sp³-hybridized carbons (Fsp3) is 0.857. The van der Waals surface area contributed by atoms with Crippen molar-refractivity contribution < 1.29 is 14.6 Å². The third-order valence-corrected chi connectivity index (χ3v) is 1.26. The van der Waals surface area contributed by atoms with Crippen LogP contribution in [0.2, 0.25) is 0 Å². The van der Waals surface area contributed by atoms with Gasteiger partial charge < -0.3 is 15.6 Å². The third kappa shape index (κ3) is 5.82. The minimum atomic E-state index is -1.01. The van der Waals surface area contributed by atoms with Gasteiger partial charge in [0, 0.05) is 6.61 Å². The van der Waals surface area contributed by atoms with Crippen molar-refractivity contribution in [3.63, 3.8) is 0 Å². The molecule has 0 heterocycles. The van der Waals surface area contributed by atoms with Gasteiger partial charge >= 0.3 is 5.97 Å². The van der Waals surface area contributed by atoms with Gasteiger partial charge in [0.2, 0.25) is 0 Å². The molecular weight excluding hydrogens is 146 g/mol. The molecule has 3 N–H and O–H groups in total. The largest absolute Gasteiger partial charge is 0.480 e. The van der Waals surface area contributed by atoms with Gasteiger partial charge in [-0.15, -0.1) is 0 Å². The number of unbranched alkanes of at least 4 members (excludes halogenated alkanes) is 1. The molecule has 0 bridgehead atoms. The molecule has 0 spiro atoms. The topological polar surface area (TPSA) is 72.5 Å². The monoisotopic (exact) mass is 161 g/mol. The lowest BCUT2D eigenvalue weighted by atomic mass is 10.3. The fourth-order valence-electron chi connectivity index (χ4n) is 0.528. The Morgan fingerprint density at radius 3 is 2.82 bits per heavy atom. The lowest BCUT2D eigenvalue weighted by molar-refractivity contribution is -0.140. The molecule has 0 fully saturated rings. The summed E-state index contributed by atoms with van der Waals surface area (Å²) in [4.78, 5) is 10.2. The normalized spacial score (nSPS) is 12.9. The Hall–Kier alpha value is -0.610. The quantitative estimate of drug-likeness (QED) is 0.546. The molecule has 1 atom stereocenters. The number of ether oxygens (including phenoxy) is 1. The lowest BCUT2D eigenvalue weighted by Crippen LogP contribution is -2.34. The number of rotatable bonds is 6. The fourth-order valence-corrected chi connectivity index (χ4v) is 0.528. The average Bonchev–Trinajstić information content (AvgIpc) is 1.97. The first-order valence-corrected chi connectivity index (χ1v) is 3.74. The van der Waals surface area contributed by atoms with Gasteiger partial charge in [0.15, 0.2) is 0 Å². The van der Waals surface area contributed by atoms with Gasteiger partial charge in [-0.3, -0.25) is 4.79 Å². The number of aliphatic carboxylic acids is 1. The molecule has 0 unspecified atom stereocenters. The maximum atomic E-state index is 10.2. The predicted octanol–water partition coefficient (Wildman–Crippen LogP) is 0.215. The molecule has 0 radical (unpaired) electrons. The van der Waals surface area contributed by atoms with E-state index in [0.29, 0.717) is 6.61 Å². The molecule has 0 aliphatic heterocycles. The minimum absolute atomic E-state index is 0.106. The standard InChI is InChI=1S/C7H15NO3/c1-2-3-4-11-5-6(8)7(9)10/h6H,2-5,8H2,1H3,(H,9,10)/t6-/m1/s1. The van der Waals surface area contributed by atoms with Crippen molar-refractivity contribution in [3.05, 3.63) is 0 Å². The first-order valence-electron chi connectivity index (χ1n) is 3.74. The van der Waals surface area contributed by atoms with Crippen LogP contribution >= 0.6 is 0 Å². The number of carbonyl (C=O) groups is 1. The zero-order valence-corrected chi connectivity index (χ0v) is 6.75. The van der Waals surface area contributed by atoms with Crippen LogP contribution < -0.4 is 5.73 Å². The summed E-state index contributed by atoms with van der Waals surface area (Å²) in [5.74, 6) is -1.01. The Morgan fingerprint density at radius 2 is 2.36 bits per heavy atom. The molecule has 0 saturated heterocycles. The van der Waals surface area contributed by atoms with Crippen molar-refractivity contribution in [1.82, 2.24) is 0 Å². The van der Waals surface area contributed by atoms with E-state index in [1.165, 1.54) is 0 Å². The summed E-state index contributed by atoms with van der Waals surface area (Å²) in [6, 6.07) is -0.883. The summed E-state index contributed by atoms with van der Waals surface area (Å²) in [6.07, 6.45) is 1.99. The van der Waals surface area contributed by atoms with E-state index in [-0.39, 0.29) is 6.61 Å². The number of nitrogens with two attached hydrogens (primary N) is 1. The molecule has 0 aromatic carbocycles. The number of carboxylic acids is 1. The van der Waals surface area contributed by atoms with E-state index in [1.54, 1.807) is 0 Å². The maximum absolute atomic E-state index is 10.2. The number of hydrogen-bond donors (Lipinski definition) is 2. The average molecular weight is 161 g/mol. The zero-order valence-electron chi connectivity index (χ0n) is 6.75. The maximum Gasteiger partial charge on any atom is 0.322 e. The lowest BCUT2D eigenvalue weighted by Gasteiger charge is -2.06.